The van der Waals surface area contributed by atoms with Gasteiger partial charge in [-0.1, -0.05) is 23.2 Å². The molecule has 0 unspecified atom stereocenters. The van der Waals surface area contributed by atoms with Gasteiger partial charge in [0.2, 0.25) is 0 Å². The maximum atomic E-state index is 12.1. The Bertz CT molecular complexity index is 715. The summed E-state index contributed by atoms with van der Waals surface area (Å²) in [6, 6.07) is 3.75. The van der Waals surface area contributed by atoms with E-state index in [4.69, 9.17) is 23.2 Å². The largest absolute Gasteiger partial charge is 0.319 e. The summed E-state index contributed by atoms with van der Waals surface area (Å²) in [6.07, 6.45) is 1.52. The number of anilines is 1. The number of aryl methyl sites for hydroxylation is 1. The van der Waals surface area contributed by atoms with E-state index in [9.17, 15) is 14.9 Å². The van der Waals surface area contributed by atoms with E-state index in [1.165, 1.54) is 29.1 Å². The van der Waals surface area contributed by atoms with Gasteiger partial charge >= 0.3 is 0 Å². The van der Waals surface area contributed by atoms with E-state index in [0.29, 0.717) is 6.54 Å². The number of benzene rings is 1. The third-order valence-corrected chi connectivity index (χ3v) is 3.27. The van der Waals surface area contributed by atoms with Crippen LogP contribution in [0.2, 0.25) is 10.0 Å². The predicted octanol–water partition coefficient (Wildman–Crippen LogP) is 3.37. The van der Waals surface area contributed by atoms with Crippen LogP contribution in [-0.2, 0) is 6.54 Å². The lowest BCUT2D eigenvalue weighted by molar-refractivity contribution is -0.384. The molecule has 1 aromatic heterocycles. The number of amides is 1. The molecule has 1 amide bonds. The molecule has 1 aromatic carbocycles. The number of hydrogen-bond donors (Lipinski definition) is 1. The van der Waals surface area contributed by atoms with Crippen LogP contribution < -0.4 is 5.32 Å². The minimum atomic E-state index is -0.588. The number of non-ortho nitro benzene ring substituents is 1. The van der Waals surface area contributed by atoms with E-state index >= 15 is 0 Å². The third kappa shape index (κ3) is 3.32. The lowest BCUT2D eigenvalue weighted by Gasteiger charge is -2.05. The Hall–Kier alpha value is -2.12. The number of nitro benzene ring substituents is 1. The highest BCUT2D eigenvalue weighted by atomic mass is 35.5. The van der Waals surface area contributed by atoms with E-state index in [0.717, 1.165) is 0 Å². The predicted molar refractivity (Wildman–Crippen MR) is 79.0 cm³/mol. The number of hydrogen-bond acceptors (Lipinski definition) is 4. The Labute approximate surface area is 129 Å². The van der Waals surface area contributed by atoms with Crippen molar-refractivity contribution in [2.24, 2.45) is 0 Å². The van der Waals surface area contributed by atoms with Crippen molar-refractivity contribution in [1.29, 1.82) is 0 Å². The maximum absolute atomic E-state index is 12.1. The van der Waals surface area contributed by atoms with Crippen LogP contribution in [0.5, 0.6) is 0 Å². The first kappa shape index (κ1) is 15.3. The minimum Gasteiger partial charge on any atom is -0.319 e. The van der Waals surface area contributed by atoms with Crippen LogP contribution in [0, 0.1) is 10.1 Å². The van der Waals surface area contributed by atoms with Gasteiger partial charge in [0.1, 0.15) is 0 Å². The first-order valence-corrected chi connectivity index (χ1v) is 6.66. The van der Waals surface area contributed by atoms with Crippen LogP contribution in [0.3, 0.4) is 0 Å². The van der Waals surface area contributed by atoms with Crippen molar-refractivity contribution in [1.82, 2.24) is 9.78 Å². The summed E-state index contributed by atoms with van der Waals surface area (Å²) in [5.41, 5.74) is -0.0287. The fourth-order valence-corrected chi connectivity index (χ4v) is 2.02. The first-order valence-electron chi connectivity index (χ1n) is 5.90. The van der Waals surface area contributed by atoms with Gasteiger partial charge in [0.15, 0.2) is 5.69 Å². The molecule has 2 aromatic rings. The summed E-state index contributed by atoms with van der Waals surface area (Å²) < 4.78 is 1.51. The minimum absolute atomic E-state index is 0.0288. The monoisotopic (exact) mass is 328 g/mol. The zero-order chi connectivity index (χ0) is 15.6. The van der Waals surface area contributed by atoms with Crippen LogP contribution >= 0.6 is 23.2 Å². The summed E-state index contributed by atoms with van der Waals surface area (Å²) in [5.74, 6) is -0.588. The molecular weight excluding hydrogens is 319 g/mol. The first-order chi connectivity index (χ1) is 9.92. The van der Waals surface area contributed by atoms with Crippen LogP contribution in [0.25, 0.3) is 0 Å². The molecule has 21 heavy (non-hydrogen) atoms. The zero-order valence-electron chi connectivity index (χ0n) is 10.8. The average Bonchev–Trinajstić information content (AvgIpc) is 2.82. The van der Waals surface area contributed by atoms with Gasteiger partial charge in [0.05, 0.1) is 20.7 Å². The molecule has 0 spiro atoms. The van der Waals surface area contributed by atoms with E-state index in [1.807, 2.05) is 6.92 Å². The van der Waals surface area contributed by atoms with Crippen molar-refractivity contribution in [3.63, 3.8) is 0 Å². The number of halogens is 2. The second-order valence-electron chi connectivity index (χ2n) is 4.06. The molecule has 0 saturated heterocycles. The average molecular weight is 329 g/mol. The summed E-state index contributed by atoms with van der Waals surface area (Å²) >= 11 is 11.8. The summed E-state index contributed by atoms with van der Waals surface area (Å²) in [5, 5.41) is 17.6. The molecule has 1 heterocycles. The molecule has 0 aliphatic heterocycles. The van der Waals surface area contributed by atoms with Crippen LogP contribution in [-0.4, -0.2) is 20.6 Å². The highest BCUT2D eigenvalue weighted by Crippen LogP contribution is 2.27. The van der Waals surface area contributed by atoms with E-state index in [2.05, 4.69) is 10.4 Å². The summed E-state index contributed by atoms with van der Waals surface area (Å²) in [6.45, 7) is 2.41. The van der Waals surface area contributed by atoms with E-state index in [1.54, 1.807) is 0 Å². The fraction of sp³-hybridized carbons (Fsp3) is 0.167. The van der Waals surface area contributed by atoms with Crippen molar-refractivity contribution < 1.29 is 9.72 Å². The number of aromatic nitrogens is 2. The van der Waals surface area contributed by atoms with Gasteiger partial charge in [-0.2, -0.15) is 5.10 Å². The quantitative estimate of drug-likeness (QED) is 0.688. The molecule has 1 N–H and O–H groups in total. The number of nitrogens with one attached hydrogen (secondary N) is 1. The third-order valence-electron chi connectivity index (χ3n) is 2.67. The number of nitro groups is 1. The molecule has 0 saturated carbocycles. The van der Waals surface area contributed by atoms with Gasteiger partial charge < -0.3 is 5.32 Å². The molecule has 7 nitrogen and oxygen atoms in total. The molecule has 2 rings (SSSR count). The van der Waals surface area contributed by atoms with E-state index < -0.39 is 10.8 Å². The molecule has 0 bridgehead atoms. The van der Waals surface area contributed by atoms with Crippen molar-refractivity contribution in [3.05, 3.63) is 50.2 Å². The molecular formula is C12H10Cl2N4O3. The molecule has 0 fully saturated rings. The van der Waals surface area contributed by atoms with E-state index in [-0.39, 0.29) is 27.1 Å². The lowest BCUT2D eigenvalue weighted by Crippen LogP contribution is -2.14. The summed E-state index contributed by atoms with van der Waals surface area (Å²) in [4.78, 5) is 22.2. The molecule has 0 radical (unpaired) electrons. The molecule has 9 heteroatoms. The van der Waals surface area contributed by atoms with Crippen LogP contribution in [0.4, 0.5) is 11.4 Å². The van der Waals surface area contributed by atoms with Gasteiger partial charge in [-0.25, -0.2) is 0 Å². The molecule has 110 valence electrons. The lowest BCUT2D eigenvalue weighted by atomic mass is 10.2. The Morgan fingerprint density at radius 1 is 1.43 bits per heavy atom. The maximum Gasteiger partial charge on any atom is 0.277 e. The van der Waals surface area contributed by atoms with Gasteiger partial charge in [-0.15, -0.1) is 0 Å². The highest BCUT2D eigenvalue weighted by molar-refractivity contribution is 6.35. The standard InChI is InChI=1S/C12H10Cl2N4O3/c1-2-17-6-9(14)11(16-17)12(19)15-10-5-7(18(20)21)3-4-8(10)13/h3-6H,2H2,1H3,(H,15,19). The van der Waals surface area contributed by atoms with Gasteiger partial charge in [0, 0.05) is 24.9 Å². The Kier molecular flexibility index (Phi) is 4.44. The Balaban J connectivity index is 2.28. The number of rotatable bonds is 4. The van der Waals surface area contributed by atoms with Gasteiger partial charge in [0.25, 0.3) is 11.6 Å². The fourth-order valence-electron chi connectivity index (χ4n) is 1.62. The van der Waals surface area contributed by atoms with Crippen molar-refractivity contribution in [3.8, 4) is 0 Å². The molecule has 0 aliphatic rings. The van der Waals surface area contributed by atoms with Crippen molar-refractivity contribution in [2.45, 2.75) is 13.5 Å². The topological polar surface area (TPSA) is 90.1 Å². The number of carbonyl (C=O) groups excluding carboxylic acids is 1. The number of carbonyl (C=O) groups is 1. The molecule has 0 atom stereocenters. The van der Waals surface area contributed by atoms with Crippen molar-refractivity contribution >= 4 is 40.5 Å². The normalized spacial score (nSPS) is 10.4. The molecule has 0 aliphatic carbocycles. The number of nitrogens with zero attached hydrogens (tertiary/aromatic N) is 3. The van der Waals surface area contributed by atoms with Crippen molar-refractivity contribution in [2.75, 3.05) is 5.32 Å². The smallest absolute Gasteiger partial charge is 0.277 e. The SMILES string of the molecule is CCn1cc(Cl)c(C(=O)Nc2cc([N+](=O)[O-])ccc2Cl)n1. The van der Waals surface area contributed by atoms with Gasteiger partial charge in [-0.05, 0) is 13.0 Å². The highest BCUT2D eigenvalue weighted by Gasteiger charge is 2.18. The van der Waals surface area contributed by atoms with Crippen LogP contribution in [0.1, 0.15) is 17.4 Å². The Morgan fingerprint density at radius 2 is 2.14 bits per heavy atom. The Morgan fingerprint density at radius 3 is 2.71 bits per heavy atom. The van der Waals surface area contributed by atoms with Gasteiger partial charge in [-0.3, -0.25) is 19.6 Å². The second kappa shape index (κ2) is 6.11. The summed E-state index contributed by atoms with van der Waals surface area (Å²) in [7, 11) is 0. The second-order valence-corrected chi connectivity index (χ2v) is 4.87. The van der Waals surface area contributed by atoms with Crippen LogP contribution in [0.15, 0.2) is 24.4 Å². The zero-order valence-corrected chi connectivity index (χ0v) is 12.4.